The second-order valence-electron chi connectivity index (χ2n) is 3.95. The summed E-state index contributed by atoms with van der Waals surface area (Å²) in [6.45, 7) is 2.81. The first kappa shape index (κ1) is 13.6. The van der Waals surface area contributed by atoms with E-state index in [1.54, 1.807) is 6.26 Å². The molecule has 0 amide bonds. The first-order valence-corrected chi connectivity index (χ1v) is 7.08. The van der Waals surface area contributed by atoms with Crippen LogP contribution in [0.5, 0.6) is 0 Å². The van der Waals surface area contributed by atoms with E-state index in [-0.39, 0.29) is 6.04 Å². The lowest BCUT2D eigenvalue weighted by Gasteiger charge is -2.32. The number of rotatable bonds is 7. The summed E-state index contributed by atoms with van der Waals surface area (Å²) >= 11 is 1.87. The molecule has 0 aromatic carbocycles. The minimum atomic E-state index is 0.187. The Morgan fingerprint density at radius 1 is 1.56 bits per heavy atom. The maximum atomic E-state index is 5.85. The minimum absolute atomic E-state index is 0.187. The van der Waals surface area contributed by atoms with Crippen molar-refractivity contribution in [3.8, 4) is 0 Å². The SMILES string of the molecule is CCC(CSC)N(C)C(CN)c1ccco1. The van der Waals surface area contributed by atoms with Gasteiger partial charge in [-0.2, -0.15) is 11.8 Å². The summed E-state index contributed by atoms with van der Waals surface area (Å²) in [5, 5.41) is 0. The van der Waals surface area contributed by atoms with E-state index < -0.39 is 0 Å². The standard InChI is InChI=1S/C12H22N2OS/c1-4-10(9-16-3)14(2)11(8-13)12-6-5-7-15-12/h5-7,10-11H,4,8-9,13H2,1-3H3. The minimum Gasteiger partial charge on any atom is -0.468 e. The van der Waals surface area contributed by atoms with Crippen LogP contribution < -0.4 is 5.73 Å². The van der Waals surface area contributed by atoms with Gasteiger partial charge in [-0.05, 0) is 31.9 Å². The Balaban J connectivity index is 2.71. The van der Waals surface area contributed by atoms with E-state index >= 15 is 0 Å². The molecule has 2 N–H and O–H groups in total. The van der Waals surface area contributed by atoms with Crippen molar-refractivity contribution in [1.29, 1.82) is 0 Å². The molecule has 1 rings (SSSR count). The van der Waals surface area contributed by atoms with Crippen LogP contribution in [-0.4, -0.2) is 36.5 Å². The number of hydrogen-bond acceptors (Lipinski definition) is 4. The number of nitrogens with zero attached hydrogens (tertiary/aromatic N) is 1. The zero-order valence-electron chi connectivity index (χ0n) is 10.3. The van der Waals surface area contributed by atoms with E-state index in [1.807, 2.05) is 23.9 Å². The Bertz CT molecular complexity index is 277. The summed E-state index contributed by atoms with van der Waals surface area (Å²) in [6, 6.07) is 4.65. The van der Waals surface area contributed by atoms with Crippen molar-refractivity contribution in [2.75, 3.05) is 25.6 Å². The van der Waals surface area contributed by atoms with Gasteiger partial charge in [0.15, 0.2) is 0 Å². The summed E-state index contributed by atoms with van der Waals surface area (Å²) in [4.78, 5) is 2.33. The summed E-state index contributed by atoms with van der Waals surface area (Å²) in [5.74, 6) is 2.09. The molecule has 0 fully saturated rings. The highest BCUT2D eigenvalue weighted by Crippen LogP contribution is 2.23. The summed E-state index contributed by atoms with van der Waals surface area (Å²) in [5.41, 5.74) is 5.85. The number of thioether (sulfide) groups is 1. The van der Waals surface area contributed by atoms with Crippen LogP contribution in [0.4, 0.5) is 0 Å². The van der Waals surface area contributed by atoms with Crippen LogP contribution >= 0.6 is 11.8 Å². The van der Waals surface area contributed by atoms with Gasteiger partial charge in [-0.25, -0.2) is 0 Å². The highest BCUT2D eigenvalue weighted by atomic mass is 32.2. The van der Waals surface area contributed by atoms with Gasteiger partial charge in [0.2, 0.25) is 0 Å². The monoisotopic (exact) mass is 242 g/mol. The molecule has 0 aliphatic heterocycles. The van der Waals surface area contributed by atoms with Gasteiger partial charge in [-0.15, -0.1) is 0 Å². The van der Waals surface area contributed by atoms with Crippen LogP contribution in [0.2, 0.25) is 0 Å². The molecule has 92 valence electrons. The van der Waals surface area contributed by atoms with E-state index in [4.69, 9.17) is 10.2 Å². The van der Waals surface area contributed by atoms with Gasteiger partial charge in [-0.3, -0.25) is 4.90 Å². The van der Waals surface area contributed by atoms with Gasteiger partial charge in [-0.1, -0.05) is 6.92 Å². The van der Waals surface area contributed by atoms with Gasteiger partial charge < -0.3 is 10.2 Å². The molecule has 0 saturated heterocycles. The Labute approximate surface area is 102 Å². The van der Waals surface area contributed by atoms with E-state index in [9.17, 15) is 0 Å². The summed E-state index contributed by atoms with van der Waals surface area (Å²) in [7, 11) is 2.13. The van der Waals surface area contributed by atoms with Gasteiger partial charge in [0.05, 0.1) is 12.3 Å². The summed E-state index contributed by atoms with van der Waals surface area (Å²) < 4.78 is 5.45. The molecule has 3 nitrogen and oxygen atoms in total. The summed E-state index contributed by atoms with van der Waals surface area (Å²) in [6.07, 6.45) is 4.98. The van der Waals surface area contributed by atoms with Crippen molar-refractivity contribution in [3.63, 3.8) is 0 Å². The van der Waals surface area contributed by atoms with Crippen LogP contribution in [-0.2, 0) is 0 Å². The average Bonchev–Trinajstić information content (AvgIpc) is 2.80. The van der Waals surface area contributed by atoms with Gasteiger partial charge in [0.1, 0.15) is 5.76 Å². The first-order chi connectivity index (χ1) is 7.74. The zero-order chi connectivity index (χ0) is 12.0. The van der Waals surface area contributed by atoms with Crippen molar-refractivity contribution in [1.82, 2.24) is 4.90 Å². The normalized spacial score (nSPS) is 15.3. The fourth-order valence-corrected chi connectivity index (χ4v) is 2.79. The Morgan fingerprint density at radius 2 is 2.31 bits per heavy atom. The molecule has 1 aromatic rings. The molecule has 4 heteroatoms. The number of nitrogens with two attached hydrogens (primary N) is 1. The molecule has 0 aliphatic rings. The van der Waals surface area contributed by atoms with Gasteiger partial charge in [0.25, 0.3) is 0 Å². The Morgan fingerprint density at radius 3 is 2.75 bits per heavy atom. The molecular weight excluding hydrogens is 220 g/mol. The molecule has 16 heavy (non-hydrogen) atoms. The van der Waals surface area contributed by atoms with Crippen LogP contribution in [0.1, 0.15) is 25.1 Å². The molecule has 0 radical (unpaired) electrons. The third-order valence-corrected chi connectivity index (χ3v) is 3.71. The van der Waals surface area contributed by atoms with Crippen molar-refractivity contribution < 1.29 is 4.42 Å². The van der Waals surface area contributed by atoms with Crippen molar-refractivity contribution in [2.45, 2.75) is 25.4 Å². The first-order valence-electron chi connectivity index (χ1n) is 5.68. The number of likely N-dealkylation sites (N-methyl/N-ethyl adjacent to an activating group) is 1. The lowest BCUT2D eigenvalue weighted by atomic mass is 10.1. The van der Waals surface area contributed by atoms with E-state index in [2.05, 4.69) is 25.1 Å². The smallest absolute Gasteiger partial charge is 0.122 e. The van der Waals surface area contributed by atoms with Crippen molar-refractivity contribution in [3.05, 3.63) is 24.2 Å². The fraction of sp³-hybridized carbons (Fsp3) is 0.667. The maximum Gasteiger partial charge on any atom is 0.122 e. The lowest BCUT2D eigenvalue weighted by molar-refractivity contribution is 0.167. The second kappa shape index (κ2) is 6.99. The van der Waals surface area contributed by atoms with Crippen molar-refractivity contribution in [2.24, 2.45) is 5.73 Å². The van der Waals surface area contributed by atoms with E-state index in [0.717, 1.165) is 17.9 Å². The molecular formula is C12H22N2OS. The Kier molecular flexibility index (Phi) is 5.95. The highest BCUT2D eigenvalue weighted by Gasteiger charge is 2.23. The topological polar surface area (TPSA) is 42.4 Å². The molecule has 0 spiro atoms. The molecule has 1 heterocycles. The van der Waals surface area contributed by atoms with Crippen LogP contribution in [0.15, 0.2) is 22.8 Å². The Hall–Kier alpha value is -0.450. The quantitative estimate of drug-likeness (QED) is 0.797. The highest BCUT2D eigenvalue weighted by molar-refractivity contribution is 7.98. The average molecular weight is 242 g/mol. The fourth-order valence-electron chi connectivity index (χ4n) is 1.93. The van der Waals surface area contributed by atoms with E-state index in [0.29, 0.717) is 12.6 Å². The molecule has 0 saturated carbocycles. The molecule has 0 bridgehead atoms. The third kappa shape index (κ3) is 3.27. The number of furan rings is 1. The van der Waals surface area contributed by atoms with Gasteiger partial charge in [0, 0.05) is 18.3 Å². The van der Waals surface area contributed by atoms with Crippen LogP contribution in [0.3, 0.4) is 0 Å². The van der Waals surface area contributed by atoms with E-state index in [1.165, 1.54) is 0 Å². The van der Waals surface area contributed by atoms with Gasteiger partial charge >= 0.3 is 0 Å². The largest absolute Gasteiger partial charge is 0.468 e. The third-order valence-electron chi connectivity index (χ3n) is 2.99. The molecule has 2 unspecified atom stereocenters. The predicted octanol–water partition coefficient (Wildman–Crippen LogP) is 2.35. The predicted molar refractivity (Wildman–Crippen MR) is 70.7 cm³/mol. The molecule has 2 atom stereocenters. The van der Waals surface area contributed by atoms with Crippen molar-refractivity contribution >= 4 is 11.8 Å². The molecule has 1 aromatic heterocycles. The zero-order valence-corrected chi connectivity index (χ0v) is 11.2. The number of hydrogen-bond donors (Lipinski definition) is 1. The lowest BCUT2D eigenvalue weighted by Crippen LogP contribution is -2.39. The van der Waals surface area contributed by atoms with Crippen LogP contribution in [0, 0.1) is 0 Å². The molecule has 0 aliphatic carbocycles. The maximum absolute atomic E-state index is 5.85. The van der Waals surface area contributed by atoms with Crippen LogP contribution in [0.25, 0.3) is 0 Å². The second-order valence-corrected chi connectivity index (χ2v) is 4.86.